The highest BCUT2D eigenvalue weighted by Gasteiger charge is 2.11. The van der Waals surface area contributed by atoms with Crippen LogP contribution in [0.25, 0.3) is 11.0 Å². The molecule has 1 aromatic carbocycles. The normalized spacial score (nSPS) is 10.8. The fourth-order valence-corrected chi connectivity index (χ4v) is 3.03. The van der Waals surface area contributed by atoms with Gasteiger partial charge in [0.2, 0.25) is 11.9 Å². The third kappa shape index (κ3) is 4.25. The number of H-pyrrole nitrogens is 2. The Hall–Kier alpha value is -3.49. The number of amides is 1. The molecular formula is C19H23N5O4. The fourth-order valence-electron chi connectivity index (χ4n) is 3.03. The molecule has 0 atom stereocenters. The summed E-state index contributed by atoms with van der Waals surface area (Å²) in [5.41, 5.74) is 7.32. The lowest BCUT2D eigenvalue weighted by atomic mass is 10.1. The summed E-state index contributed by atoms with van der Waals surface area (Å²) in [6.45, 7) is 0.240. The lowest BCUT2D eigenvalue weighted by molar-refractivity contribution is -0.121. The minimum atomic E-state index is -0.332. The second kappa shape index (κ2) is 8.47. The van der Waals surface area contributed by atoms with Crippen molar-refractivity contribution in [2.45, 2.75) is 25.8 Å². The Morgan fingerprint density at radius 1 is 1.25 bits per heavy atom. The van der Waals surface area contributed by atoms with Crippen molar-refractivity contribution in [1.82, 2.24) is 20.3 Å². The van der Waals surface area contributed by atoms with Crippen molar-refractivity contribution in [2.24, 2.45) is 0 Å². The number of methoxy groups -OCH3 is 2. The maximum atomic E-state index is 12.1. The lowest BCUT2D eigenvalue weighted by Crippen LogP contribution is -2.23. The molecule has 0 aliphatic carbocycles. The maximum absolute atomic E-state index is 12.1. The minimum Gasteiger partial charge on any atom is -0.493 e. The fraction of sp³-hybridized carbons (Fsp3) is 0.316. The number of benzene rings is 1. The Bertz CT molecular complexity index is 1040. The summed E-state index contributed by atoms with van der Waals surface area (Å²) in [4.78, 5) is 33.5. The number of carbonyl (C=O) groups excluding carboxylic acids is 1. The molecule has 0 unspecified atom stereocenters. The van der Waals surface area contributed by atoms with E-state index in [1.165, 1.54) is 0 Å². The number of anilines is 1. The van der Waals surface area contributed by atoms with Crippen LogP contribution in [0.4, 0.5) is 5.95 Å². The van der Waals surface area contributed by atoms with E-state index in [1.54, 1.807) is 20.4 Å². The lowest BCUT2D eigenvalue weighted by Gasteiger charge is -2.09. The van der Waals surface area contributed by atoms with Crippen LogP contribution in [0.1, 0.15) is 24.0 Å². The number of nitrogens with one attached hydrogen (secondary N) is 3. The van der Waals surface area contributed by atoms with E-state index in [4.69, 9.17) is 15.2 Å². The number of hydrogen-bond donors (Lipinski definition) is 4. The van der Waals surface area contributed by atoms with Crippen LogP contribution in [0, 0.1) is 0 Å². The van der Waals surface area contributed by atoms with Gasteiger partial charge in [0.05, 0.1) is 19.6 Å². The molecule has 0 saturated carbocycles. The molecule has 9 heteroatoms. The first-order valence-electron chi connectivity index (χ1n) is 8.85. The molecule has 0 aliphatic heterocycles. The maximum Gasteiger partial charge on any atom is 0.262 e. The van der Waals surface area contributed by atoms with Crippen molar-refractivity contribution >= 4 is 22.9 Å². The highest BCUT2D eigenvalue weighted by Crippen LogP contribution is 2.28. The van der Waals surface area contributed by atoms with Crippen LogP contribution in [0.2, 0.25) is 0 Å². The molecule has 148 valence electrons. The van der Waals surface area contributed by atoms with Gasteiger partial charge in [-0.1, -0.05) is 6.07 Å². The number of nitrogens with two attached hydrogens (primary N) is 1. The SMILES string of the molecule is COc1ccc(CCCC(=O)NCc2c[nH]c3nc(N)[nH]c(=O)c23)cc1OC. The number of hydrogen-bond acceptors (Lipinski definition) is 6. The zero-order valence-corrected chi connectivity index (χ0v) is 15.8. The Morgan fingerprint density at radius 2 is 2.04 bits per heavy atom. The van der Waals surface area contributed by atoms with Gasteiger partial charge in [-0.15, -0.1) is 0 Å². The summed E-state index contributed by atoms with van der Waals surface area (Å²) in [7, 11) is 3.18. The molecule has 3 aromatic rings. The quantitative estimate of drug-likeness (QED) is 0.464. The number of carbonyl (C=O) groups is 1. The molecule has 0 radical (unpaired) electrons. The molecule has 0 bridgehead atoms. The average Bonchev–Trinajstić information content (AvgIpc) is 3.09. The van der Waals surface area contributed by atoms with Gasteiger partial charge in [-0.25, -0.2) is 0 Å². The predicted octanol–water partition coefficient (Wildman–Crippen LogP) is 1.49. The summed E-state index contributed by atoms with van der Waals surface area (Å²) >= 11 is 0. The van der Waals surface area contributed by atoms with Gasteiger partial charge in [-0.3, -0.25) is 14.6 Å². The molecule has 5 N–H and O–H groups in total. The van der Waals surface area contributed by atoms with Gasteiger partial charge in [-0.05, 0) is 30.5 Å². The van der Waals surface area contributed by atoms with E-state index in [0.29, 0.717) is 40.9 Å². The first kappa shape index (κ1) is 19.3. The monoisotopic (exact) mass is 385 g/mol. The standard InChI is InChI=1S/C19H23N5O4/c1-27-13-7-6-11(8-14(13)28-2)4-3-5-15(25)21-9-12-10-22-17-16(12)18(26)24-19(20)23-17/h6-8,10H,3-5,9H2,1-2H3,(H,21,25)(H4,20,22,23,24,26). The number of aromatic amines is 2. The van der Waals surface area contributed by atoms with Crippen molar-refractivity contribution in [3.63, 3.8) is 0 Å². The summed E-state index contributed by atoms with van der Waals surface area (Å²) in [6, 6.07) is 5.72. The van der Waals surface area contributed by atoms with E-state index in [1.807, 2.05) is 18.2 Å². The highest BCUT2D eigenvalue weighted by molar-refractivity contribution is 5.81. The Labute approximate surface area is 161 Å². The molecule has 0 saturated heterocycles. The largest absolute Gasteiger partial charge is 0.493 e. The first-order valence-corrected chi connectivity index (χ1v) is 8.85. The van der Waals surface area contributed by atoms with E-state index in [-0.39, 0.29) is 24.0 Å². The van der Waals surface area contributed by atoms with Crippen LogP contribution in [-0.4, -0.2) is 35.1 Å². The molecule has 0 fully saturated rings. The molecule has 28 heavy (non-hydrogen) atoms. The van der Waals surface area contributed by atoms with Crippen molar-refractivity contribution in [3.05, 3.63) is 45.9 Å². The Morgan fingerprint density at radius 3 is 2.79 bits per heavy atom. The van der Waals surface area contributed by atoms with E-state index in [0.717, 1.165) is 12.0 Å². The van der Waals surface area contributed by atoms with Crippen LogP contribution in [-0.2, 0) is 17.8 Å². The second-order valence-corrected chi connectivity index (χ2v) is 6.31. The van der Waals surface area contributed by atoms with E-state index in [9.17, 15) is 9.59 Å². The number of nitrogens with zero attached hydrogens (tertiary/aromatic N) is 1. The van der Waals surface area contributed by atoms with Crippen LogP contribution in [0.3, 0.4) is 0 Å². The molecular weight excluding hydrogens is 362 g/mol. The number of ether oxygens (including phenoxy) is 2. The third-order valence-electron chi connectivity index (χ3n) is 4.44. The van der Waals surface area contributed by atoms with Gasteiger partial charge >= 0.3 is 0 Å². The van der Waals surface area contributed by atoms with Crippen molar-refractivity contribution in [1.29, 1.82) is 0 Å². The highest BCUT2D eigenvalue weighted by atomic mass is 16.5. The molecule has 2 aromatic heterocycles. The molecule has 9 nitrogen and oxygen atoms in total. The van der Waals surface area contributed by atoms with Crippen LogP contribution in [0.15, 0.2) is 29.2 Å². The number of rotatable bonds is 8. The van der Waals surface area contributed by atoms with Gasteiger partial charge in [-0.2, -0.15) is 4.98 Å². The first-order chi connectivity index (χ1) is 13.5. The summed E-state index contributed by atoms with van der Waals surface area (Å²) < 4.78 is 10.5. The molecule has 0 spiro atoms. The van der Waals surface area contributed by atoms with Crippen LogP contribution < -0.4 is 26.1 Å². The van der Waals surface area contributed by atoms with Gasteiger partial charge in [0, 0.05) is 24.7 Å². The Balaban J connectivity index is 1.52. The van der Waals surface area contributed by atoms with Crippen molar-refractivity contribution in [3.8, 4) is 11.5 Å². The number of nitrogen functional groups attached to an aromatic ring is 1. The third-order valence-corrected chi connectivity index (χ3v) is 4.44. The summed E-state index contributed by atoms with van der Waals surface area (Å²) in [6.07, 6.45) is 3.45. The molecule has 3 rings (SSSR count). The van der Waals surface area contributed by atoms with Gasteiger partial charge in [0.15, 0.2) is 11.5 Å². The van der Waals surface area contributed by atoms with Crippen LogP contribution in [0.5, 0.6) is 11.5 Å². The van der Waals surface area contributed by atoms with Crippen molar-refractivity contribution < 1.29 is 14.3 Å². The minimum absolute atomic E-state index is 0.0464. The van der Waals surface area contributed by atoms with E-state index < -0.39 is 0 Å². The number of fused-ring (bicyclic) bond motifs is 1. The van der Waals surface area contributed by atoms with Crippen molar-refractivity contribution in [2.75, 3.05) is 20.0 Å². The summed E-state index contributed by atoms with van der Waals surface area (Å²) in [5.74, 6) is 1.30. The summed E-state index contributed by atoms with van der Waals surface area (Å²) in [5, 5.41) is 3.23. The molecule has 2 heterocycles. The smallest absolute Gasteiger partial charge is 0.262 e. The van der Waals surface area contributed by atoms with E-state index in [2.05, 4.69) is 20.3 Å². The Kier molecular flexibility index (Phi) is 5.83. The molecule has 1 amide bonds. The zero-order chi connectivity index (χ0) is 20.1. The van der Waals surface area contributed by atoms with Gasteiger partial charge in [0.25, 0.3) is 5.56 Å². The van der Waals surface area contributed by atoms with Gasteiger partial charge < -0.3 is 25.5 Å². The van der Waals surface area contributed by atoms with Gasteiger partial charge in [0.1, 0.15) is 5.65 Å². The van der Waals surface area contributed by atoms with Crippen LogP contribution >= 0.6 is 0 Å². The predicted molar refractivity (Wildman–Crippen MR) is 105 cm³/mol. The molecule has 0 aliphatic rings. The second-order valence-electron chi connectivity index (χ2n) is 6.31. The topological polar surface area (TPSA) is 135 Å². The average molecular weight is 385 g/mol. The van der Waals surface area contributed by atoms with E-state index >= 15 is 0 Å². The number of aryl methyl sites for hydroxylation is 1. The zero-order valence-electron chi connectivity index (χ0n) is 15.8. The number of aromatic nitrogens is 3.